The van der Waals surface area contributed by atoms with Gasteiger partial charge in [-0.25, -0.2) is 4.68 Å². The van der Waals surface area contributed by atoms with Gasteiger partial charge in [-0.1, -0.05) is 23.4 Å². The molecule has 1 aliphatic rings. The Morgan fingerprint density at radius 2 is 1.50 bits per heavy atom. The molecule has 0 unspecified atom stereocenters. The van der Waals surface area contributed by atoms with Gasteiger partial charge in [0.15, 0.2) is 0 Å². The van der Waals surface area contributed by atoms with Crippen molar-refractivity contribution in [3.8, 4) is 5.75 Å². The minimum atomic E-state index is -4.75. The fourth-order valence-corrected chi connectivity index (χ4v) is 4.85. The van der Waals surface area contributed by atoms with Gasteiger partial charge in [0.1, 0.15) is 17.1 Å². The van der Waals surface area contributed by atoms with E-state index in [9.17, 15) is 35.9 Å². The standard InChI is InChI=1S/C30H27F6N7O3/c1-19-26(28(45)42-14-12-41(13-15-42)17-20-2-9-24(10-3-20)46-30(34,35)36)43(40-39-19)18-21-4-11-25(37-16-21)27(44)38-23-7-5-22(6-8-23)29(31,32)33/h2-11,16H,12-15,17-18H2,1H3,(H,38,44). The lowest BCUT2D eigenvalue weighted by atomic mass is 10.2. The van der Waals surface area contributed by atoms with Crippen LogP contribution in [0.1, 0.15) is 43.4 Å². The molecular formula is C30H27F6N7O3. The predicted octanol–water partition coefficient (Wildman–Crippen LogP) is 5.16. The van der Waals surface area contributed by atoms with Crippen LogP contribution in [0, 0.1) is 6.92 Å². The Morgan fingerprint density at radius 1 is 0.848 bits per heavy atom. The first-order valence-corrected chi connectivity index (χ1v) is 13.9. The van der Waals surface area contributed by atoms with Gasteiger partial charge in [0.25, 0.3) is 11.8 Å². The molecule has 46 heavy (non-hydrogen) atoms. The number of rotatable bonds is 8. The van der Waals surface area contributed by atoms with Crippen molar-refractivity contribution in [2.75, 3.05) is 31.5 Å². The van der Waals surface area contributed by atoms with Gasteiger partial charge in [0.2, 0.25) is 0 Å². The molecule has 2 aromatic carbocycles. The number of amides is 2. The zero-order valence-electron chi connectivity index (χ0n) is 24.3. The maximum absolute atomic E-state index is 13.5. The van der Waals surface area contributed by atoms with Crippen LogP contribution < -0.4 is 10.1 Å². The third kappa shape index (κ3) is 8.18. The molecule has 16 heteroatoms. The Kier molecular flexibility index (Phi) is 9.27. The van der Waals surface area contributed by atoms with Crippen LogP contribution in [-0.4, -0.2) is 74.1 Å². The molecule has 0 atom stereocenters. The number of piperazine rings is 1. The van der Waals surface area contributed by atoms with Crippen molar-refractivity contribution in [3.05, 3.63) is 101 Å². The van der Waals surface area contributed by atoms with E-state index in [4.69, 9.17) is 0 Å². The minimum absolute atomic E-state index is 0.0400. The molecule has 2 amide bonds. The van der Waals surface area contributed by atoms with Crippen molar-refractivity contribution in [1.82, 2.24) is 29.8 Å². The van der Waals surface area contributed by atoms with Crippen molar-refractivity contribution >= 4 is 17.5 Å². The number of halogens is 6. The largest absolute Gasteiger partial charge is 0.573 e. The Labute approximate surface area is 258 Å². The normalized spacial score (nSPS) is 14.3. The summed E-state index contributed by atoms with van der Waals surface area (Å²) in [4.78, 5) is 34.0. The zero-order chi connectivity index (χ0) is 33.1. The molecule has 0 radical (unpaired) electrons. The van der Waals surface area contributed by atoms with Gasteiger partial charge in [0.05, 0.1) is 17.8 Å². The summed E-state index contributed by atoms with van der Waals surface area (Å²) in [6.45, 7) is 4.25. The van der Waals surface area contributed by atoms with Gasteiger partial charge in [-0.15, -0.1) is 18.3 Å². The minimum Gasteiger partial charge on any atom is -0.406 e. The third-order valence-electron chi connectivity index (χ3n) is 7.19. The Balaban J connectivity index is 1.15. The molecule has 0 spiro atoms. The van der Waals surface area contributed by atoms with Crippen molar-refractivity contribution < 1.29 is 40.7 Å². The van der Waals surface area contributed by atoms with Crippen LogP contribution in [-0.2, 0) is 19.3 Å². The van der Waals surface area contributed by atoms with Gasteiger partial charge >= 0.3 is 12.5 Å². The van der Waals surface area contributed by atoms with Crippen LogP contribution in [0.3, 0.4) is 0 Å². The summed E-state index contributed by atoms with van der Waals surface area (Å²) in [5.74, 6) is -1.15. The number of nitrogens with zero attached hydrogens (tertiary/aromatic N) is 6. The van der Waals surface area contributed by atoms with Gasteiger partial charge in [0, 0.05) is 44.6 Å². The van der Waals surface area contributed by atoms with E-state index in [0.29, 0.717) is 49.7 Å². The highest BCUT2D eigenvalue weighted by molar-refractivity contribution is 6.02. The van der Waals surface area contributed by atoms with Crippen LogP contribution in [0.25, 0.3) is 0 Å². The number of hydrogen-bond donors (Lipinski definition) is 1. The second-order valence-corrected chi connectivity index (χ2v) is 10.5. The number of nitrogens with one attached hydrogen (secondary N) is 1. The summed E-state index contributed by atoms with van der Waals surface area (Å²) in [6.07, 6.45) is -7.80. The molecule has 5 rings (SSSR count). The highest BCUT2D eigenvalue weighted by atomic mass is 19.4. The lowest BCUT2D eigenvalue weighted by Crippen LogP contribution is -2.48. The SMILES string of the molecule is Cc1nnn(Cc2ccc(C(=O)Nc3ccc(C(F)(F)F)cc3)nc2)c1C(=O)N1CCN(Cc2ccc(OC(F)(F)F)cc2)CC1. The molecule has 0 aliphatic carbocycles. The lowest BCUT2D eigenvalue weighted by molar-refractivity contribution is -0.274. The molecule has 1 saturated heterocycles. The number of aryl methyl sites for hydroxylation is 1. The number of benzene rings is 2. The lowest BCUT2D eigenvalue weighted by Gasteiger charge is -2.34. The smallest absolute Gasteiger partial charge is 0.406 e. The molecule has 10 nitrogen and oxygen atoms in total. The number of carbonyl (C=O) groups excluding carboxylic acids is 2. The van der Waals surface area contributed by atoms with Crippen molar-refractivity contribution in [2.45, 2.75) is 32.6 Å². The zero-order valence-corrected chi connectivity index (χ0v) is 24.3. The van der Waals surface area contributed by atoms with E-state index in [1.807, 2.05) is 0 Å². The average molecular weight is 648 g/mol. The number of pyridine rings is 1. The summed E-state index contributed by atoms with van der Waals surface area (Å²) >= 11 is 0. The van der Waals surface area contributed by atoms with Crippen LogP contribution in [0.4, 0.5) is 32.0 Å². The molecule has 3 heterocycles. The Hall–Kier alpha value is -4.99. The van der Waals surface area contributed by atoms with E-state index in [0.717, 1.165) is 29.8 Å². The first kappa shape index (κ1) is 32.4. The number of carbonyl (C=O) groups is 2. The Bertz CT molecular complexity index is 1660. The quantitative estimate of drug-likeness (QED) is 0.264. The van der Waals surface area contributed by atoms with Gasteiger partial charge in [-0.3, -0.25) is 19.5 Å². The molecule has 0 saturated carbocycles. The molecule has 4 aromatic rings. The highest BCUT2D eigenvalue weighted by Gasteiger charge is 2.32. The first-order valence-electron chi connectivity index (χ1n) is 13.9. The number of aromatic nitrogens is 4. The van der Waals surface area contributed by atoms with E-state index in [-0.39, 0.29) is 29.6 Å². The molecule has 1 fully saturated rings. The van der Waals surface area contributed by atoms with Crippen molar-refractivity contribution in [3.63, 3.8) is 0 Å². The van der Waals surface area contributed by atoms with E-state index in [1.165, 1.54) is 29.1 Å². The third-order valence-corrected chi connectivity index (χ3v) is 7.19. The van der Waals surface area contributed by atoms with Crippen LogP contribution in [0.2, 0.25) is 0 Å². The predicted molar refractivity (Wildman–Crippen MR) is 152 cm³/mol. The molecule has 1 N–H and O–H groups in total. The van der Waals surface area contributed by atoms with Gasteiger partial charge in [-0.05, 0) is 60.5 Å². The molecule has 0 bridgehead atoms. The number of alkyl halides is 6. The van der Waals surface area contributed by atoms with Crippen LogP contribution in [0.5, 0.6) is 5.75 Å². The van der Waals surface area contributed by atoms with Crippen molar-refractivity contribution in [2.24, 2.45) is 0 Å². The summed E-state index contributed by atoms with van der Waals surface area (Å²) < 4.78 is 80.9. The van der Waals surface area contributed by atoms with Gasteiger partial charge in [-0.2, -0.15) is 13.2 Å². The fourth-order valence-electron chi connectivity index (χ4n) is 4.85. The molecule has 1 aliphatic heterocycles. The molecule has 242 valence electrons. The average Bonchev–Trinajstić information content (AvgIpc) is 3.37. The molecular weight excluding hydrogens is 620 g/mol. The second-order valence-electron chi connectivity index (χ2n) is 10.5. The summed E-state index contributed by atoms with van der Waals surface area (Å²) in [7, 11) is 0. The van der Waals surface area contributed by atoms with E-state index in [1.54, 1.807) is 30.0 Å². The van der Waals surface area contributed by atoms with Crippen molar-refractivity contribution in [1.29, 1.82) is 0 Å². The number of anilines is 1. The molecule has 2 aromatic heterocycles. The summed E-state index contributed by atoms with van der Waals surface area (Å²) in [5.41, 5.74) is 1.57. The summed E-state index contributed by atoms with van der Waals surface area (Å²) in [6, 6.07) is 12.8. The van der Waals surface area contributed by atoms with E-state index < -0.39 is 24.0 Å². The monoisotopic (exact) mass is 647 g/mol. The summed E-state index contributed by atoms with van der Waals surface area (Å²) in [5, 5.41) is 10.7. The van der Waals surface area contributed by atoms with Gasteiger partial charge < -0.3 is 15.0 Å². The fraction of sp³-hybridized carbons (Fsp3) is 0.300. The number of hydrogen-bond acceptors (Lipinski definition) is 7. The van der Waals surface area contributed by atoms with E-state index >= 15 is 0 Å². The second kappa shape index (κ2) is 13.2. The van der Waals surface area contributed by atoms with Crippen LogP contribution in [0.15, 0.2) is 66.9 Å². The van der Waals surface area contributed by atoms with E-state index in [2.05, 4.69) is 30.2 Å². The maximum Gasteiger partial charge on any atom is 0.573 e. The van der Waals surface area contributed by atoms with Crippen LogP contribution >= 0.6 is 0 Å². The Morgan fingerprint density at radius 3 is 2.09 bits per heavy atom. The maximum atomic E-state index is 13.5. The first-order chi connectivity index (χ1) is 21.7. The number of ether oxygens (including phenoxy) is 1. The topological polar surface area (TPSA) is 105 Å². The highest BCUT2D eigenvalue weighted by Crippen LogP contribution is 2.30.